The van der Waals surface area contributed by atoms with Gasteiger partial charge in [-0.2, -0.15) is 65.5 Å². The average molecular weight is 2390 g/mol. The van der Waals surface area contributed by atoms with Gasteiger partial charge in [0, 0.05) is 55.3 Å². The first-order valence-electron chi connectivity index (χ1n) is 46.8. The first-order chi connectivity index (χ1) is 67.2. The van der Waals surface area contributed by atoms with Gasteiger partial charge in [0.2, 0.25) is 23.4 Å². The summed E-state index contributed by atoms with van der Waals surface area (Å²) in [6.45, 7) is -1.14. The summed E-state index contributed by atoms with van der Waals surface area (Å²) in [5, 5.41) is 39.6. The van der Waals surface area contributed by atoms with Gasteiger partial charge in [-0.15, -0.1) is 0 Å². The van der Waals surface area contributed by atoms with Crippen LogP contribution in [-0.4, -0.2) is 340 Å². The van der Waals surface area contributed by atoms with Crippen LogP contribution in [-0.2, 0) is 84.7 Å². The maximum absolute atomic E-state index is 14.9. The van der Waals surface area contributed by atoms with Crippen LogP contribution in [0.1, 0.15) is 193 Å². The molecule has 8 unspecified atom stereocenters. The van der Waals surface area contributed by atoms with Crippen molar-refractivity contribution in [3.05, 3.63) is 41.2 Å². The van der Waals surface area contributed by atoms with E-state index in [-0.39, 0.29) is 270 Å². The van der Waals surface area contributed by atoms with Crippen LogP contribution in [0.5, 0.6) is 34.5 Å². The first-order valence-corrected chi connectivity index (χ1v) is 64.1. The minimum atomic E-state index is -4.51. The van der Waals surface area contributed by atoms with Crippen LogP contribution in [0.15, 0.2) is 24.3 Å². The van der Waals surface area contributed by atoms with Gasteiger partial charge in [0.15, 0.2) is 23.0 Å². The molecule has 2 aromatic carbocycles. The predicted molar refractivity (Wildman–Crippen MR) is 511 cm³/mol. The molecule has 1 aromatic heterocycles. The van der Waals surface area contributed by atoms with Gasteiger partial charge in [-0.1, -0.05) is 0 Å². The second-order valence-electron chi connectivity index (χ2n) is 35.1. The van der Waals surface area contributed by atoms with Crippen molar-refractivity contribution in [2.45, 2.75) is 221 Å². The van der Waals surface area contributed by atoms with Crippen LogP contribution in [0.25, 0.3) is 0 Å². The van der Waals surface area contributed by atoms with Gasteiger partial charge in [0.1, 0.15) is 5.82 Å². The summed E-state index contributed by atoms with van der Waals surface area (Å²) in [4.78, 5) is 141. The van der Waals surface area contributed by atoms with Crippen molar-refractivity contribution in [1.82, 2.24) is 68.1 Å². The van der Waals surface area contributed by atoms with Crippen molar-refractivity contribution in [2.75, 3.05) is 144 Å². The third-order valence-corrected chi connectivity index (χ3v) is 40.7. The number of urea groups is 2. The SMILES string of the molecule is O=C(CCC[I-]C1CC2NC(=O)NC2CS1)NCCCCC(NC(=O)c1cc(OCCCS(=O)(=O)O)c(OCCCS(=O)(=O)O)c(OCCCS(=O)(=O)O)c1)C(=O)NC1CCN(c2nc(C3CCC(C(=O)O)CC3)nc(N3CCC(NC(=O)C(CCCCNC(=O)CCC[I-]C4SCC5NC(=O)NC54)NC(=O)c4cc(OCCCS(=O)(=O)O)c(OCCCS(=O)(=O)O)c(OCCCS(=O)(=O)O)c4)CC3)n2)CC1. The molecule has 6 aliphatic heterocycles. The molecule has 10 rings (SSSR count). The van der Waals surface area contributed by atoms with Gasteiger partial charge in [-0.3, -0.25) is 41.7 Å². The Morgan fingerprint density at radius 2 is 0.803 bits per heavy atom. The number of nitrogens with one attached hydrogen (secondary N) is 10. The van der Waals surface area contributed by atoms with Crippen LogP contribution >= 0.6 is 23.5 Å². The van der Waals surface area contributed by atoms with Crippen LogP contribution in [0.3, 0.4) is 0 Å². The molecule has 17 N–H and O–H groups in total. The van der Waals surface area contributed by atoms with Gasteiger partial charge in [0.25, 0.3) is 60.7 Å². The van der Waals surface area contributed by atoms with Crippen LogP contribution in [0.4, 0.5) is 21.5 Å². The number of halogens is 2. The predicted octanol–water partition coefficient (Wildman–Crippen LogP) is -4.12. The van der Waals surface area contributed by atoms with E-state index in [0.29, 0.717) is 89.4 Å². The van der Waals surface area contributed by atoms with E-state index in [0.717, 1.165) is 51.0 Å². The number of rotatable bonds is 62. The molecule has 10 amide bonds. The number of hydrogen-bond acceptors (Lipinski definition) is 34. The first kappa shape index (κ1) is 116. The number of ether oxygens (including phenoxy) is 6. The van der Waals surface area contributed by atoms with Gasteiger partial charge < -0.3 is 43.3 Å². The van der Waals surface area contributed by atoms with Crippen molar-refractivity contribution >= 4 is 150 Å². The molecule has 49 nitrogen and oxygen atoms in total. The number of aromatic nitrogens is 3. The molecule has 1 aliphatic carbocycles. The van der Waals surface area contributed by atoms with Crippen molar-refractivity contribution in [3.8, 4) is 34.5 Å². The Balaban J connectivity index is 0.838. The molecule has 0 spiro atoms. The quantitative estimate of drug-likeness (QED) is 0.00839. The van der Waals surface area contributed by atoms with E-state index in [1.54, 1.807) is 0 Å². The number of carboxylic acids is 1. The number of aliphatic carboxylic acids is 1. The zero-order valence-corrected chi connectivity index (χ0v) is 88.7. The Morgan fingerprint density at radius 1 is 0.437 bits per heavy atom. The standard InChI is InChI=1S/C83H127I2N15O34S8/c101-68(15-5-25-84-67-49-60-61(50-135-67)93-82(109)92-60)86-27-3-1-13-58(90-75(103)54-45-63(129-33-7-39-137(111,112)113)71(133-37-11-43-141(123,124)125)64(46-54)130-34-8-40-138(114,115)116)77(105)88-56-21-29-99(30-22-56)80-96-74(52-17-19-53(20-18-52)79(107)108)97-81(98-80)100-31-23-57(24-32-100)89-78(106)59(14-2-4-28-87-69(102)16-6-26-85-73-70-62(51-136-73)94-83(110)95-70)91-76(104)55-47-65(131-35-9-41-139(117,118)119)72(134-38-12-44-142(126,127)128)66(48-55)132-36-10-42-140(120,121)122/h45-48,52-53,56-62,67,70,73H,1-44,49-51H2,(H,86,101)(H,87,102)(H,88,105)(H,89,106)(H,90,103)(H,91,104)(H,107,108)(H2,92,93,109)(H2,94,95,110)(H,111,112,113)(H,114,115,116)(H,117,118,119)(H,120,121,122)(H,123,124,125)(H,126,127,128)/q-2. The van der Waals surface area contributed by atoms with E-state index in [1.165, 1.54) is 0 Å². The Morgan fingerprint density at radius 3 is 1.20 bits per heavy atom. The fourth-order valence-electron chi connectivity index (χ4n) is 16.5. The molecule has 0 bridgehead atoms. The minimum absolute atomic E-state index is 0.00425. The average Bonchev–Trinajstić information content (AvgIpc) is 1.41. The van der Waals surface area contributed by atoms with Gasteiger partial charge in [-0.05, 0) is 114 Å². The van der Waals surface area contributed by atoms with Crippen LogP contribution in [0, 0.1) is 5.92 Å². The van der Waals surface area contributed by atoms with E-state index < -0.39 is 195 Å². The number of carbonyl (C=O) groups is 9. The molecule has 1 saturated carbocycles. The summed E-state index contributed by atoms with van der Waals surface area (Å²) >= 11 is 3.06. The molecule has 6 saturated heterocycles. The van der Waals surface area contributed by atoms with Gasteiger partial charge >= 0.3 is 348 Å². The number of amides is 10. The summed E-state index contributed by atoms with van der Waals surface area (Å²) in [6.07, 6.45) is 4.91. The summed E-state index contributed by atoms with van der Waals surface area (Å²) in [5.74, 6) is -8.91. The Kier molecular flexibility index (Phi) is 45.7. The third kappa shape index (κ3) is 41.5. The number of benzene rings is 2. The molecule has 142 heavy (non-hydrogen) atoms. The summed E-state index contributed by atoms with van der Waals surface area (Å²) < 4.78 is 235. The number of nitrogens with zero attached hydrogens (tertiary/aromatic N) is 5. The fourth-order valence-corrected chi connectivity index (χ4v) is 30.9. The summed E-state index contributed by atoms with van der Waals surface area (Å²) in [6, 6.07) is 0.994. The van der Waals surface area contributed by atoms with Crippen LogP contribution < -0.4 is 134 Å². The topological polar surface area (TPSA) is 721 Å². The Labute approximate surface area is 854 Å². The molecule has 59 heteroatoms. The van der Waals surface area contributed by atoms with Crippen molar-refractivity contribution in [3.63, 3.8) is 0 Å². The number of unbranched alkanes of at least 4 members (excludes halogenated alkanes) is 2. The molecule has 0 radical (unpaired) electrons. The fraction of sp³-hybridized carbons (Fsp3) is 0.711. The molecule has 7 heterocycles. The van der Waals surface area contributed by atoms with E-state index in [9.17, 15) is 126 Å². The number of hydrogen-bond donors (Lipinski definition) is 17. The molecule has 7 aliphatic rings. The maximum atomic E-state index is 14.9. The third-order valence-electron chi connectivity index (χ3n) is 23.8. The molecular formula is C83H127I2N15O34S8-2. The number of piperidine rings is 2. The number of carboxylic acid groups (broad SMARTS) is 1. The Bertz CT molecular complexity index is 5390. The molecule has 802 valence electrons. The monoisotopic (exact) mass is 2390 g/mol. The normalized spacial score (nSPS) is 20.7. The second-order valence-corrected chi connectivity index (χ2v) is 55.4. The van der Waals surface area contributed by atoms with Crippen molar-refractivity contribution < 1.29 is 197 Å². The second kappa shape index (κ2) is 55.9. The summed E-state index contributed by atoms with van der Waals surface area (Å²) in [5.41, 5.74) is -0.502. The van der Waals surface area contributed by atoms with E-state index in [2.05, 4.69) is 53.2 Å². The zero-order chi connectivity index (χ0) is 103. The number of anilines is 2. The van der Waals surface area contributed by atoms with E-state index in [4.69, 9.17) is 43.4 Å². The molecule has 3 aromatic rings. The summed E-state index contributed by atoms with van der Waals surface area (Å²) in [7, 11) is -27.0. The number of alkyl halides is 4. The molecule has 7 fully saturated rings. The van der Waals surface area contributed by atoms with E-state index >= 15 is 0 Å². The molecular weight excluding hydrogens is 2260 g/mol. The van der Waals surface area contributed by atoms with Gasteiger partial charge in [-0.25, -0.2) is 0 Å². The number of carbonyl (C=O) groups excluding carboxylic acids is 8. The Hall–Kier alpha value is -7.70. The smallest absolute Gasteiger partial charge is 0.489 e. The minimum Gasteiger partial charge on any atom is -0.489 e. The van der Waals surface area contributed by atoms with Crippen LogP contribution in [0.2, 0.25) is 0 Å². The van der Waals surface area contributed by atoms with Crippen molar-refractivity contribution in [1.29, 1.82) is 0 Å². The molecule has 8 atom stereocenters. The van der Waals surface area contributed by atoms with Crippen molar-refractivity contribution in [2.24, 2.45) is 5.92 Å². The van der Waals surface area contributed by atoms with E-state index in [1.807, 2.05) is 33.3 Å². The zero-order valence-electron chi connectivity index (χ0n) is 77.9. The number of thioether (sulfide) groups is 2. The number of fused-ring (bicyclic) bond motifs is 2. The van der Waals surface area contributed by atoms with Gasteiger partial charge in [0.05, 0.1) is 80.1 Å².